The summed E-state index contributed by atoms with van der Waals surface area (Å²) in [5.41, 5.74) is -6.27. The van der Waals surface area contributed by atoms with Crippen molar-refractivity contribution in [1.82, 2.24) is 4.90 Å². The molecule has 0 radical (unpaired) electrons. The van der Waals surface area contributed by atoms with Crippen molar-refractivity contribution in [3.63, 3.8) is 0 Å². The van der Waals surface area contributed by atoms with Gasteiger partial charge in [0.2, 0.25) is 5.91 Å². The number of unbranched alkanes of at least 4 members (excludes halogenated alkanes) is 1. The maximum atomic E-state index is 11.9. The van der Waals surface area contributed by atoms with Crippen molar-refractivity contribution in [2.75, 3.05) is 26.0 Å². The molecule has 5 atom stereocenters. The van der Waals surface area contributed by atoms with Crippen molar-refractivity contribution in [3.8, 4) is 0 Å². The van der Waals surface area contributed by atoms with Gasteiger partial charge in [0.25, 0.3) is 0 Å². The van der Waals surface area contributed by atoms with Crippen molar-refractivity contribution >= 4 is 23.5 Å². The molecule has 8 nitrogen and oxygen atoms in total. The van der Waals surface area contributed by atoms with Crippen LogP contribution in [-0.2, 0) is 14.3 Å². The summed E-state index contributed by atoms with van der Waals surface area (Å²) in [5.74, 6) is 0.320. The van der Waals surface area contributed by atoms with Crippen LogP contribution in [0.25, 0.3) is 0 Å². The van der Waals surface area contributed by atoms with Gasteiger partial charge in [-0.3, -0.25) is 9.59 Å². The minimum Gasteiger partial charge on any atom is -0.394 e. The lowest BCUT2D eigenvalue weighted by Gasteiger charge is -2.57. The topological polar surface area (TPSA) is 128 Å². The third-order valence-corrected chi connectivity index (χ3v) is 7.23. The highest BCUT2D eigenvalue weighted by atomic mass is 32.2. The normalized spacial score (nSPS) is 35.6. The van der Waals surface area contributed by atoms with E-state index in [1.165, 1.54) is 37.4 Å². The smallest absolute Gasteiger partial charge is 0.229 e. The molecule has 0 bridgehead atoms. The van der Waals surface area contributed by atoms with Gasteiger partial charge in [-0.05, 0) is 39.4 Å². The van der Waals surface area contributed by atoms with Crippen molar-refractivity contribution in [3.05, 3.63) is 0 Å². The van der Waals surface area contributed by atoms with Gasteiger partial charge in [0, 0.05) is 20.0 Å². The van der Waals surface area contributed by atoms with E-state index >= 15 is 0 Å². The number of carbonyl (C=O) groups excluding carboxylic acids is 2. The fraction of sp³-hybridized carbons (Fsp3) is 0.895. The van der Waals surface area contributed by atoms with Gasteiger partial charge in [-0.15, -0.1) is 11.8 Å². The first-order valence-electron chi connectivity index (χ1n) is 9.63. The Balaban J connectivity index is 2.52. The lowest BCUT2D eigenvalue weighted by Crippen LogP contribution is -2.76. The van der Waals surface area contributed by atoms with E-state index in [0.717, 1.165) is 6.42 Å². The maximum absolute atomic E-state index is 11.9. The SMILES string of the molecule is CCC(=O)CC(=O)N(C)CCCCSC1OC(CO)C(C)(O)C(C)(O)C1(C)O. The summed E-state index contributed by atoms with van der Waals surface area (Å²) in [5, 5.41) is 41.6. The van der Waals surface area contributed by atoms with Crippen LogP contribution in [0, 0.1) is 0 Å². The van der Waals surface area contributed by atoms with Gasteiger partial charge in [-0.2, -0.15) is 0 Å². The quantitative estimate of drug-likeness (QED) is 0.293. The molecule has 4 N–H and O–H groups in total. The Morgan fingerprint density at radius 1 is 1.11 bits per heavy atom. The van der Waals surface area contributed by atoms with Crippen LogP contribution in [0.3, 0.4) is 0 Å². The van der Waals surface area contributed by atoms with Crippen LogP contribution < -0.4 is 0 Å². The molecule has 1 heterocycles. The Kier molecular flexibility index (Phi) is 8.92. The Morgan fingerprint density at radius 2 is 1.71 bits per heavy atom. The van der Waals surface area contributed by atoms with Crippen LogP contribution in [0.5, 0.6) is 0 Å². The summed E-state index contributed by atoms with van der Waals surface area (Å²) >= 11 is 1.29. The highest BCUT2D eigenvalue weighted by molar-refractivity contribution is 7.99. The molecule has 1 amide bonds. The second kappa shape index (κ2) is 9.86. The summed E-state index contributed by atoms with van der Waals surface area (Å²) in [6, 6.07) is 0. The highest BCUT2D eigenvalue weighted by Gasteiger charge is 2.65. The largest absolute Gasteiger partial charge is 0.394 e. The summed E-state index contributed by atoms with van der Waals surface area (Å²) < 4.78 is 5.67. The predicted molar refractivity (Wildman–Crippen MR) is 107 cm³/mol. The number of aliphatic hydroxyl groups is 4. The summed E-state index contributed by atoms with van der Waals surface area (Å²) in [7, 11) is 1.67. The number of Topliss-reactive ketones (excluding diaryl/α,β-unsaturated/α-hetero) is 1. The number of aliphatic hydroxyl groups excluding tert-OH is 1. The van der Waals surface area contributed by atoms with Crippen LogP contribution in [-0.4, -0.2) is 91.3 Å². The van der Waals surface area contributed by atoms with E-state index in [1.807, 2.05) is 0 Å². The second-order valence-corrected chi connectivity index (χ2v) is 9.14. The van der Waals surface area contributed by atoms with Crippen molar-refractivity contribution in [2.24, 2.45) is 0 Å². The standard InChI is InChI=1S/C19H35NO7S/c1-6-13(22)11-15(23)20(5)9-7-8-10-28-16-18(3,25)19(4,26)17(2,24)14(12-21)27-16/h14,16,21,24-26H,6-12H2,1-5H3. The molecule has 1 rings (SSSR count). The van der Waals surface area contributed by atoms with Crippen molar-refractivity contribution in [2.45, 2.75) is 81.7 Å². The Morgan fingerprint density at radius 3 is 2.25 bits per heavy atom. The Hall–Kier alpha value is -0.710. The van der Waals surface area contributed by atoms with Crippen LogP contribution >= 0.6 is 11.8 Å². The zero-order chi connectivity index (χ0) is 21.8. The number of hydrogen-bond donors (Lipinski definition) is 4. The third kappa shape index (κ3) is 5.25. The number of carbonyl (C=O) groups is 2. The molecule has 0 aromatic heterocycles. The molecule has 9 heteroatoms. The second-order valence-electron chi connectivity index (χ2n) is 7.97. The van der Waals surface area contributed by atoms with Crippen LogP contribution in [0.1, 0.15) is 53.4 Å². The van der Waals surface area contributed by atoms with Gasteiger partial charge < -0.3 is 30.1 Å². The lowest BCUT2D eigenvalue weighted by atomic mass is 9.69. The molecule has 0 aliphatic carbocycles. The van der Waals surface area contributed by atoms with Crippen LogP contribution in [0.2, 0.25) is 0 Å². The number of ether oxygens (including phenoxy) is 1. The minimum absolute atomic E-state index is 0.0713. The van der Waals surface area contributed by atoms with E-state index in [4.69, 9.17) is 4.74 Å². The molecule has 1 saturated heterocycles. The fourth-order valence-corrected chi connectivity index (χ4v) is 4.44. The van der Waals surface area contributed by atoms with Gasteiger partial charge in [-0.25, -0.2) is 0 Å². The number of thioether (sulfide) groups is 1. The fourth-order valence-electron chi connectivity index (χ4n) is 3.09. The molecular weight excluding hydrogens is 386 g/mol. The number of nitrogens with zero attached hydrogens (tertiary/aromatic N) is 1. The minimum atomic E-state index is -1.89. The average Bonchev–Trinajstić information content (AvgIpc) is 2.61. The molecule has 0 aromatic rings. The number of amides is 1. The number of rotatable bonds is 10. The number of hydrogen-bond acceptors (Lipinski definition) is 8. The molecule has 1 fully saturated rings. The zero-order valence-electron chi connectivity index (χ0n) is 17.5. The Labute approximate surface area is 171 Å². The van der Waals surface area contributed by atoms with E-state index in [-0.39, 0.29) is 18.1 Å². The van der Waals surface area contributed by atoms with E-state index in [9.17, 15) is 30.0 Å². The average molecular weight is 422 g/mol. The number of ketones is 1. The first-order chi connectivity index (χ1) is 12.8. The Bertz CT molecular complexity index is 550. The molecule has 5 unspecified atom stereocenters. The molecular formula is C19H35NO7S. The molecule has 1 aliphatic heterocycles. The molecule has 1 aliphatic rings. The monoisotopic (exact) mass is 421 g/mol. The molecule has 164 valence electrons. The highest BCUT2D eigenvalue weighted by Crippen LogP contribution is 2.47. The van der Waals surface area contributed by atoms with Gasteiger partial charge in [0.05, 0.1) is 13.0 Å². The summed E-state index contributed by atoms with van der Waals surface area (Å²) in [4.78, 5) is 24.8. The lowest BCUT2D eigenvalue weighted by molar-refractivity contribution is -0.326. The van der Waals surface area contributed by atoms with Crippen LogP contribution in [0.15, 0.2) is 0 Å². The van der Waals surface area contributed by atoms with Crippen LogP contribution in [0.4, 0.5) is 0 Å². The van der Waals surface area contributed by atoms with Gasteiger partial charge >= 0.3 is 0 Å². The summed E-state index contributed by atoms with van der Waals surface area (Å²) in [6.45, 7) is 5.84. The maximum Gasteiger partial charge on any atom is 0.229 e. The van der Waals surface area contributed by atoms with E-state index in [1.54, 1.807) is 14.0 Å². The van der Waals surface area contributed by atoms with E-state index < -0.39 is 34.9 Å². The van der Waals surface area contributed by atoms with Crippen molar-refractivity contribution in [1.29, 1.82) is 0 Å². The molecule has 28 heavy (non-hydrogen) atoms. The van der Waals surface area contributed by atoms with Gasteiger partial charge in [0.15, 0.2) is 0 Å². The predicted octanol–water partition coefficient (Wildman–Crippen LogP) is 0.298. The van der Waals surface area contributed by atoms with Crippen molar-refractivity contribution < 1.29 is 34.8 Å². The zero-order valence-corrected chi connectivity index (χ0v) is 18.3. The molecule has 0 aromatic carbocycles. The third-order valence-electron chi connectivity index (χ3n) is 5.84. The molecule has 0 saturated carbocycles. The molecule has 0 spiro atoms. The van der Waals surface area contributed by atoms with Gasteiger partial charge in [0.1, 0.15) is 34.1 Å². The van der Waals surface area contributed by atoms with Gasteiger partial charge in [-0.1, -0.05) is 6.92 Å². The summed E-state index contributed by atoms with van der Waals surface area (Å²) in [6.07, 6.45) is 0.686. The first kappa shape index (κ1) is 25.3. The van der Waals surface area contributed by atoms with E-state index in [2.05, 4.69) is 0 Å². The first-order valence-corrected chi connectivity index (χ1v) is 10.7. The van der Waals surface area contributed by atoms with E-state index in [0.29, 0.717) is 25.1 Å².